The number of aromatic amines is 1. The molecule has 1 aromatic carbocycles. The van der Waals surface area contributed by atoms with Gasteiger partial charge in [0.2, 0.25) is 5.56 Å². The molecule has 0 radical (unpaired) electrons. The van der Waals surface area contributed by atoms with Crippen LogP contribution in [0.15, 0.2) is 65.7 Å². The average molecular weight is 480 g/mol. The van der Waals surface area contributed by atoms with Crippen LogP contribution in [0.25, 0.3) is 10.9 Å². The molecule has 36 heavy (non-hydrogen) atoms. The standard InChI is InChI=1S/C28H25N5O3/c1-32-17-22(20-8-11-33(12-9-20)28(36)23-3-2-4-27(35)31-23)21-13-18(5-6-25(21)32)15-26(34)24-14-19(16-29)7-10-30-24/h2-7,10,13-14,17,20H,8-9,11-12,15H2,1H3,(H,31,35). The van der Waals surface area contributed by atoms with Gasteiger partial charge in [-0.25, -0.2) is 0 Å². The van der Waals surface area contributed by atoms with Gasteiger partial charge in [0.25, 0.3) is 5.91 Å². The van der Waals surface area contributed by atoms with E-state index in [1.54, 1.807) is 23.1 Å². The molecule has 8 heteroatoms. The lowest BCUT2D eigenvalue weighted by Crippen LogP contribution is -2.38. The van der Waals surface area contributed by atoms with Gasteiger partial charge in [0, 0.05) is 55.9 Å². The van der Waals surface area contributed by atoms with Crippen LogP contribution in [0.2, 0.25) is 0 Å². The number of aromatic nitrogens is 3. The fourth-order valence-corrected chi connectivity index (χ4v) is 4.97. The van der Waals surface area contributed by atoms with E-state index in [0.717, 1.165) is 29.3 Å². The van der Waals surface area contributed by atoms with Gasteiger partial charge in [-0.15, -0.1) is 0 Å². The maximum absolute atomic E-state index is 12.8. The predicted molar refractivity (Wildman–Crippen MR) is 135 cm³/mol. The number of fused-ring (bicyclic) bond motifs is 1. The lowest BCUT2D eigenvalue weighted by molar-refractivity contribution is 0.0707. The van der Waals surface area contributed by atoms with E-state index < -0.39 is 0 Å². The molecule has 0 unspecified atom stereocenters. The van der Waals surface area contributed by atoms with E-state index in [9.17, 15) is 14.4 Å². The number of carbonyl (C=O) groups excluding carboxylic acids is 2. The number of piperidine rings is 1. The van der Waals surface area contributed by atoms with Gasteiger partial charge in [-0.1, -0.05) is 12.1 Å². The second kappa shape index (κ2) is 9.62. The first-order valence-corrected chi connectivity index (χ1v) is 11.9. The summed E-state index contributed by atoms with van der Waals surface area (Å²) in [6.45, 7) is 1.21. The number of ketones is 1. The molecule has 180 valence electrons. The maximum atomic E-state index is 12.8. The van der Waals surface area contributed by atoms with Crippen LogP contribution < -0.4 is 5.56 Å². The van der Waals surface area contributed by atoms with Crippen molar-refractivity contribution in [2.45, 2.75) is 25.2 Å². The van der Waals surface area contributed by atoms with Crippen molar-refractivity contribution in [2.75, 3.05) is 13.1 Å². The Labute approximate surface area is 207 Å². The number of aryl methyl sites for hydroxylation is 1. The highest BCUT2D eigenvalue weighted by Crippen LogP contribution is 2.35. The summed E-state index contributed by atoms with van der Waals surface area (Å²) in [6, 6.07) is 15.8. The topological polar surface area (TPSA) is 112 Å². The average Bonchev–Trinajstić information content (AvgIpc) is 3.24. The van der Waals surface area contributed by atoms with E-state index in [-0.39, 0.29) is 29.6 Å². The van der Waals surface area contributed by atoms with Crippen molar-refractivity contribution in [3.8, 4) is 6.07 Å². The number of nitrogens with zero attached hydrogens (tertiary/aromatic N) is 4. The zero-order chi connectivity index (χ0) is 25.2. The van der Waals surface area contributed by atoms with Gasteiger partial charge in [-0.05, 0) is 60.2 Å². The molecule has 1 N–H and O–H groups in total. The second-order valence-corrected chi connectivity index (χ2v) is 9.18. The van der Waals surface area contributed by atoms with Crippen molar-refractivity contribution in [3.63, 3.8) is 0 Å². The molecule has 4 heterocycles. The molecule has 0 aliphatic carbocycles. The van der Waals surface area contributed by atoms with E-state index >= 15 is 0 Å². The third-order valence-electron chi connectivity index (χ3n) is 6.84. The number of nitriles is 1. The maximum Gasteiger partial charge on any atom is 0.270 e. The molecular formula is C28H25N5O3. The number of Topliss-reactive ketones (excluding diaryl/α,β-unsaturated/α-hetero) is 1. The number of nitrogens with one attached hydrogen (secondary N) is 1. The molecule has 1 aliphatic heterocycles. The van der Waals surface area contributed by atoms with E-state index in [4.69, 9.17) is 5.26 Å². The number of benzene rings is 1. The molecule has 1 saturated heterocycles. The number of hydrogen-bond acceptors (Lipinski definition) is 5. The molecule has 0 bridgehead atoms. The molecule has 0 atom stereocenters. The van der Waals surface area contributed by atoms with Gasteiger partial charge in [0.15, 0.2) is 5.78 Å². The van der Waals surface area contributed by atoms with Crippen molar-refractivity contribution in [3.05, 3.63) is 99.4 Å². The summed E-state index contributed by atoms with van der Waals surface area (Å²) in [5.41, 5.74) is 3.93. The van der Waals surface area contributed by atoms with Crippen molar-refractivity contribution in [1.29, 1.82) is 5.26 Å². The number of H-pyrrole nitrogens is 1. The highest BCUT2D eigenvalue weighted by atomic mass is 16.2. The summed E-state index contributed by atoms with van der Waals surface area (Å²) >= 11 is 0. The number of likely N-dealkylation sites (tertiary alicyclic amines) is 1. The van der Waals surface area contributed by atoms with Crippen LogP contribution >= 0.6 is 0 Å². The Balaban J connectivity index is 1.34. The summed E-state index contributed by atoms with van der Waals surface area (Å²) in [6.07, 6.45) is 5.46. The first-order valence-electron chi connectivity index (χ1n) is 11.9. The van der Waals surface area contributed by atoms with Crippen LogP contribution in [0.4, 0.5) is 0 Å². The Morgan fingerprint density at radius 3 is 2.69 bits per heavy atom. The molecule has 5 rings (SSSR count). The zero-order valence-corrected chi connectivity index (χ0v) is 19.9. The van der Waals surface area contributed by atoms with Crippen LogP contribution in [-0.4, -0.2) is 44.2 Å². The summed E-state index contributed by atoms with van der Waals surface area (Å²) in [4.78, 5) is 45.7. The minimum Gasteiger partial charge on any atom is -0.350 e. The van der Waals surface area contributed by atoms with Gasteiger partial charge < -0.3 is 14.5 Å². The first kappa shape index (κ1) is 23.2. The smallest absolute Gasteiger partial charge is 0.270 e. The van der Waals surface area contributed by atoms with Gasteiger partial charge in [-0.2, -0.15) is 5.26 Å². The zero-order valence-electron chi connectivity index (χ0n) is 19.9. The highest BCUT2D eigenvalue weighted by Gasteiger charge is 2.27. The third kappa shape index (κ3) is 4.56. The molecule has 4 aromatic rings. The largest absolute Gasteiger partial charge is 0.350 e. The highest BCUT2D eigenvalue weighted by molar-refractivity contribution is 5.97. The van der Waals surface area contributed by atoms with Crippen LogP contribution in [0.5, 0.6) is 0 Å². The Hall–Kier alpha value is -4.51. The first-order chi connectivity index (χ1) is 17.4. The quantitative estimate of drug-likeness (QED) is 0.440. The SMILES string of the molecule is Cn1cc(C2CCN(C(=O)c3cccc(=O)[nH]3)CC2)c2cc(CC(=O)c3cc(C#N)ccn3)ccc21. The molecular weight excluding hydrogens is 454 g/mol. The second-order valence-electron chi connectivity index (χ2n) is 9.18. The summed E-state index contributed by atoms with van der Waals surface area (Å²) in [7, 11) is 2.01. The molecule has 1 aliphatic rings. The molecule has 0 saturated carbocycles. The summed E-state index contributed by atoms with van der Waals surface area (Å²) < 4.78 is 2.10. The molecule has 0 spiro atoms. The molecule has 1 amide bonds. The van der Waals surface area contributed by atoms with Gasteiger partial charge in [0.05, 0.1) is 11.6 Å². The fourth-order valence-electron chi connectivity index (χ4n) is 4.97. The summed E-state index contributed by atoms with van der Waals surface area (Å²) in [5.74, 6) is 0.00107. The number of hydrogen-bond donors (Lipinski definition) is 1. The lowest BCUT2D eigenvalue weighted by atomic mass is 9.88. The number of rotatable bonds is 5. The van der Waals surface area contributed by atoms with E-state index in [1.165, 1.54) is 23.9 Å². The fraction of sp³-hybridized carbons (Fsp3) is 0.250. The van der Waals surface area contributed by atoms with E-state index in [1.807, 2.05) is 25.2 Å². The molecule has 1 fully saturated rings. The van der Waals surface area contributed by atoms with Crippen LogP contribution in [-0.2, 0) is 13.5 Å². The minimum absolute atomic E-state index is 0.130. The number of pyridine rings is 2. The third-order valence-corrected chi connectivity index (χ3v) is 6.84. The van der Waals surface area contributed by atoms with Crippen LogP contribution in [0.1, 0.15) is 56.4 Å². The van der Waals surface area contributed by atoms with Crippen molar-refractivity contribution in [1.82, 2.24) is 19.4 Å². The predicted octanol–water partition coefficient (Wildman–Crippen LogP) is 3.58. The molecule has 3 aromatic heterocycles. The van der Waals surface area contributed by atoms with Gasteiger partial charge in [-0.3, -0.25) is 19.4 Å². The number of amides is 1. The van der Waals surface area contributed by atoms with Crippen LogP contribution in [0, 0.1) is 11.3 Å². The summed E-state index contributed by atoms with van der Waals surface area (Å²) in [5, 5.41) is 10.2. The van der Waals surface area contributed by atoms with Gasteiger partial charge >= 0.3 is 0 Å². The lowest BCUT2D eigenvalue weighted by Gasteiger charge is -2.32. The van der Waals surface area contributed by atoms with E-state index in [2.05, 4.69) is 26.8 Å². The van der Waals surface area contributed by atoms with Crippen molar-refractivity contribution in [2.24, 2.45) is 7.05 Å². The Morgan fingerprint density at radius 1 is 1.14 bits per heavy atom. The van der Waals surface area contributed by atoms with Crippen molar-refractivity contribution >= 4 is 22.6 Å². The van der Waals surface area contributed by atoms with Crippen LogP contribution in [0.3, 0.4) is 0 Å². The number of carbonyl (C=O) groups is 2. The van der Waals surface area contributed by atoms with Crippen molar-refractivity contribution < 1.29 is 9.59 Å². The Morgan fingerprint density at radius 2 is 1.94 bits per heavy atom. The monoisotopic (exact) mass is 479 g/mol. The van der Waals surface area contributed by atoms with Gasteiger partial charge in [0.1, 0.15) is 11.4 Å². The minimum atomic E-state index is -0.283. The Kier molecular flexibility index (Phi) is 6.21. The Bertz CT molecular complexity index is 1570. The normalized spacial score (nSPS) is 14.1. The van der Waals surface area contributed by atoms with E-state index in [0.29, 0.717) is 30.0 Å². The molecule has 8 nitrogen and oxygen atoms in total.